The minimum atomic E-state index is 0.780. The largest absolute Gasteiger partial charge is 0.314 e. The molecular formula is C18H37N. The molecule has 1 rings (SSSR count). The third-order valence-electron chi connectivity index (χ3n) is 4.82. The summed E-state index contributed by atoms with van der Waals surface area (Å²) in [6, 6.07) is 0.780. The second-order valence-corrected chi connectivity index (χ2v) is 6.49. The summed E-state index contributed by atoms with van der Waals surface area (Å²) in [4.78, 5) is 0. The molecule has 1 saturated carbocycles. The summed E-state index contributed by atoms with van der Waals surface area (Å²) in [5.74, 6) is 0.941. The zero-order valence-electron chi connectivity index (χ0n) is 13.6. The van der Waals surface area contributed by atoms with Crippen LogP contribution in [0, 0.1) is 5.92 Å². The quantitative estimate of drug-likeness (QED) is 0.675. The summed E-state index contributed by atoms with van der Waals surface area (Å²) < 4.78 is 0. The van der Waals surface area contributed by atoms with E-state index in [1.54, 1.807) is 0 Å². The van der Waals surface area contributed by atoms with Crippen LogP contribution in [0.4, 0.5) is 0 Å². The van der Waals surface area contributed by atoms with Crippen LogP contribution >= 0.6 is 0 Å². The Labute approximate surface area is 121 Å². The van der Waals surface area contributed by atoms with E-state index in [0.29, 0.717) is 0 Å². The molecule has 1 nitrogen and oxygen atoms in total. The smallest absolute Gasteiger partial charge is 0.00926 e. The van der Waals surface area contributed by atoms with Crippen LogP contribution in [0.2, 0.25) is 0 Å². The Morgan fingerprint density at radius 2 is 1.26 bits per heavy atom. The summed E-state index contributed by atoms with van der Waals surface area (Å²) in [5, 5.41) is 3.80. The maximum absolute atomic E-state index is 3.80. The average molecular weight is 268 g/mol. The van der Waals surface area contributed by atoms with Crippen LogP contribution in [-0.2, 0) is 0 Å². The predicted octanol–water partition coefficient (Wildman–Crippen LogP) is 5.69. The first kappa shape index (κ1) is 17.0. The van der Waals surface area contributed by atoms with Gasteiger partial charge in [-0.2, -0.15) is 0 Å². The van der Waals surface area contributed by atoms with Gasteiger partial charge in [0.05, 0.1) is 0 Å². The average Bonchev–Trinajstić information content (AvgIpc) is 2.41. The van der Waals surface area contributed by atoms with Gasteiger partial charge < -0.3 is 5.32 Å². The molecule has 1 unspecified atom stereocenters. The molecule has 1 atom stereocenters. The molecule has 1 heteroatoms. The molecule has 114 valence electrons. The Hall–Kier alpha value is -0.0400. The van der Waals surface area contributed by atoms with Gasteiger partial charge in [0.15, 0.2) is 0 Å². The summed E-state index contributed by atoms with van der Waals surface area (Å²) in [6.45, 7) is 5.85. The van der Waals surface area contributed by atoms with Gasteiger partial charge in [-0.15, -0.1) is 0 Å². The molecule has 0 amide bonds. The lowest BCUT2D eigenvalue weighted by Gasteiger charge is -2.28. The van der Waals surface area contributed by atoms with Gasteiger partial charge in [-0.05, 0) is 38.1 Å². The molecule has 0 saturated heterocycles. The number of rotatable bonds is 5. The highest BCUT2D eigenvalue weighted by Crippen LogP contribution is 2.24. The molecule has 19 heavy (non-hydrogen) atoms. The highest BCUT2D eigenvalue weighted by Gasteiger charge is 2.18. The lowest BCUT2D eigenvalue weighted by molar-refractivity contribution is 0.288. The first-order chi connectivity index (χ1) is 9.38. The first-order valence-corrected chi connectivity index (χ1v) is 9.11. The zero-order valence-corrected chi connectivity index (χ0v) is 13.6. The Balaban J connectivity index is 2.39. The Morgan fingerprint density at radius 3 is 1.68 bits per heavy atom. The standard InChI is InChI=1S/C18H37N/c1-3-16-19-18(4-2)17-14-12-10-8-6-5-7-9-11-13-15-17/h17-19H,3-16H2,1-2H3. The van der Waals surface area contributed by atoms with Gasteiger partial charge in [0.25, 0.3) is 0 Å². The Morgan fingerprint density at radius 1 is 0.789 bits per heavy atom. The van der Waals surface area contributed by atoms with E-state index in [-0.39, 0.29) is 0 Å². The number of hydrogen-bond acceptors (Lipinski definition) is 1. The van der Waals surface area contributed by atoms with Gasteiger partial charge in [-0.1, -0.05) is 71.6 Å². The van der Waals surface area contributed by atoms with Crippen molar-refractivity contribution in [1.29, 1.82) is 0 Å². The fraction of sp³-hybridized carbons (Fsp3) is 1.00. The summed E-state index contributed by atoms with van der Waals surface area (Å²) in [5.41, 5.74) is 0. The first-order valence-electron chi connectivity index (χ1n) is 9.11. The van der Waals surface area contributed by atoms with Crippen LogP contribution in [0.3, 0.4) is 0 Å². The summed E-state index contributed by atoms with van der Waals surface area (Å²) >= 11 is 0. The molecule has 0 aromatic rings. The van der Waals surface area contributed by atoms with E-state index in [1.165, 1.54) is 90.0 Å². The minimum Gasteiger partial charge on any atom is -0.314 e. The van der Waals surface area contributed by atoms with Gasteiger partial charge in [0, 0.05) is 6.04 Å². The fourth-order valence-electron chi connectivity index (χ4n) is 3.57. The monoisotopic (exact) mass is 267 g/mol. The van der Waals surface area contributed by atoms with Crippen LogP contribution < -0.4 is 5.32 Å². The van der Waals surface area contributed by atoms with Crippen molar-refractivity contribution >= 4 is 0 Å². The third-order valence-corrected chi connectivity index (χ3v) is 4.82. The van der Waals surface area contributed by atoms with Crippen molar-refractivity contribution in [1.82, 2.24) is 5.32 Å². The second-order valence-electron chi connectivity index (χ2n) is 6.49. The molecule has 0 aromatic heterocycles. The topological polar surface area (TPSA) is 12.0 Å². The van der Waals surface area contributed by atoms with Crippen molar-refractivity contribution in [3.63, 3.8) is 0 Å². The summed E-state index contributed by atoms with van der Waals surface area (Å²) in [6.07, 6.45) is 18.8. The van der Waals surface area contributed by atoms with Gasteiger partial charge in [0.1, 0.15) is 0 Å². The Bertz CT molecular complexity index is 178. The Kier molecular flexibility index (Phi) is 10.5. The van der Waals surface area contributed by atoms with Crippen LogP contribution in [0.15, 0.2) is 0 Å². The normalized spacial score (nSPS) is 22.4. The van der Waals surface area contributed by atoms with Crippen LogP contribution in [-0.4, -0.2) is 12.6 Å². The molecule has 1 aliphatic carbocycles. The van der Waals surface area contributed by atoms with Crippen LogP contribution in [0.25, 0.3) is 0 Å². The zero-order chi connectivity index (χ0) is 13.8. The fourth-order valence-corrected chi connectivity index (χ4v) is 3.57. The number of hydrogen-bond donors (Lipinski definition) is 1. The highest BCUT2D eigenvalue weighted by molar-refractivity contribution is 4.76. The predicted molar refractivity (Wildman–Crippen MR) is 86.6 cm³/mol. The van der Waals surface area contributed by atoms with Gasteiger partial charge >= 0.3 is 0 Å². The number of nitrogens with one attached hydrogen (secondary N) is 1. The van der Waals surface area contributed by atoms with Gasteiger partial charge in [-0.25, -0.2) is 0 Å². The molecule has 1 aliphatic rings. The molecule has 1 N–H and O–H groups in total. The van der Waals surface area contributed by atoms with E-state index in [9.17, 15) is 0 Å². The van der Waals surface area contributed by atoms with E-state index in [2.05, 4.69) is 19.2 Å². The molecule has 0 heterocycles. The van der Waals surface area contributed by atoms with Crippen LogP contribution in [0.5, 0.6) is 0 Å². The van der Waals surface area contributed by atoms with Gasteiger partial charge in [-0.3, -0.25) is 0 Å². The van der Waals surface area contributed by atoms with Crippen molar-refractivity contribution in [2.24, 2.45) is 5.92 Å². The van der Waals surface area contributed by atoms with E-state index in [1.807, 2.05) is 0 Å². The molecule has 1 fully saturated rings. The molecule has 0 radical (unpaired) electrons. The maximum Gasteiger partial charge on any atom is 0.00926 e. The lowest BCUT2D eigenvalue weighted by Crippen LogP contribution is -2.36. The van der Waals surface area contributed by atoms with E-state index < -0.39 is 0 Å². The molecule has 0 aliphatic heterocycles. The minimum absolute atomic E-state index is 0.780. The molecular weight excluding hydrogens is 230 g/mol. The third kappa shape index (κ3) is 7.97. The van der Waals surface area contributed by atoms with E-state index in [4.69, 9.17) is 0 Å². The van der Waals surface area contributed by atoms with E-state index >= 15 is 0 Å². The van der Waals surface area contributed by atoms with Crippen molar-refractivity contribution < 1.29 is 0 Å². The van der Waals surface area contributed by atoms with Gasteiger partial charge in [0.2, 0.25) is 0 Å². The molecule has 0 aromatic carbocycles. The summed E-state index contributed by atoms with van der Waals surface area (Å²) in [7, 11) is 0. The van der Waals surface area contributed by atoms with Crippen LogP contribution in [0.1, 0.15) is 97.3 Å². The van der Waals surface area contributed by atoms with Crippen molar-refractivity contribution in [2.45, 2.75) is 103 Å². The van der Waals surface area contributed by atoms with Crippen molar-refractivity contribution in [3.8, 4) is 0 Å². The maximum atomic E-state index is 3.80. The lowest BCUT2D eigenvalue weighted by atomic mass is 9.86. The molecule has 0 bridgehead atoms. The highest BCUT2D eigenvalue weighted by atomic mass is 14.9. The van der Waals surface area contributed by atoms with Crippen molar-refractivity contribution in [2.75, 3.05) is 6.54 Å². The second kappa shape index (κ2) is 11.8. The molecule has 0 spiro atoms. The SMILES string of the molecule is CCCNC(CC)C1CCCCCCCCCCC1. The van der Waals surface area contributed by atoms with E-state index in [0.717, 1.165) is 12.0 Å². The van der Waals surface area contributed by atoms with Crippen molar-refractivity contribution in [3.05, 3.63) is 0 Å².